The van der Waals surface area contributed by atoms with Crippen molar-refractivity contribution >= 4 is 17.4 Å². The van der Waals surface area contributed by atoms with Gasteiger partial charge in [-0.15, -0.1) is 11.8 Å². The predicted octanol–water partition coefficient (Wildman–Crippen LogP) is 3.91. The number of anilines is 1. The molecule has 0 saturated carbocycles. The molecule has 1 aliphatic rings. The molecule has 1 fully saturated rings. The fraction of sp³-hybridized carbons (Fsp3) is 0.533. The molecular formula is C15H20N2S. The summed E-state index contributed by atoms with van der Waals surface area (Å²) in [6.45, 7) is 4.45. The van der Waals surface area contributed by atoms with E-state index >= 15 is 0 Å². The van der Waals surface area contributed by atoms with E-state index < -0.39 is 0 Å². The largest absolute Gasteiger partial charge is 0.370 e. The van der Waals surface area contributed by atoms with E-state index in [9.17, 15) is 5.26 Å². The van der Waals surface area contributed by atoms with Crippen molar-refractivity contribution in [1.82, 2.24) is 0 Å². The molecule has 1 aliphatic heterocycles. The first-order valence-corrected chi connectivity index (χ1v) is 7.84. The van der Waals surface area contributed by atoms with E-state index in [1.165, 1.54) is 19.3 Å². The van der Waals surface area contributed by atoms with E-state index in [0.717, 1.165) is 35.2 Å². The van der Waals surface area contributed by atoms with Crippen LogP contribution in [0.2, 0.25) is 0 Å². The highest BCUT2D eigenvalue weighted by molar-refractivity contribution is 7.98. The first-order chi connectivity index (χ1) is 8.80. The summed E-state index contributed by atoms with van der Waals surface area (Å²) < 4.78 is 0. The second-order valence-corrected chi connectivity index (χ2v) is 5.70. The van der Waals surface area contributed by atoms with Gasteiger partial charge in [-0.25, -0.2) is 0 Å². The van der Waals surface area contributed by atoms with Gasteiger partial charge in [-0.2, -0.15) is 5.26 Å². The molecule has 0 radical (unpaired) electrons. The van der Waals surface area contributed by atoms with Crippen LogP contribution in [0.4, 0.5) is 5.69 Å². The SMILES string of the molecule is CCCC1CCN(c2cccc(SC)c2C#N)C1. The molecule has 2 nitrogen and oxygen atoms in total. The standard InChI is InChI=1S/C15H20N2S/c1-3-5-12-8-9-17(11-12)14-6-4-7-15(18-2)13(14)10-16/h4,6-7,12H,3,5,8-9,11H2,1-2H3. The van der Waals surface area contributed by atoms with Crippen LogP contribution >= 0.6 is 11.8 Å². The second kappa shape index (κ2) is 6.15. The quantitative estimate of drug-likeness (QED) is 0.768. The predicted molar refractivity (Wildman–Crippen MR) is 78.2 cm³/mol. The summed E-state index contributed by atoms with van der Waals surface area (Å²) in [6, 6.07) is 8.56. The summed E-state index contributed by atoms with van der Waals surface area (Å²) >= 11 is 1.65. The average Bonchev–Trinajstić information content (AvgIpc) is 2.86. The molecule has 0 amide bonds. The van der Waals surface area contributed by atoms with Crippen molar-refractivity contribution in [1.29, 1.82) is 5.26 Å². The van der Waals surface area contributed by atoms with Crippen molar-refractivity contribution in [3.8, 4) is 6.07 Å². The zero-order valence-electron chi connectivity index (χ0n) is 11.1. The lowest BCUT2D eigenvalue weighted by Gasteiger charge is -2.21. The van der Waals surface area contributed by atoms with Crippen LogP contribution in [0.3, 0.4) is 0 Å². The van der Waals surface area contributed by atoms with Crippen LogP contribution in [-0.4, -0.2) is 19.3 Å². The Kier molecular flexibility index (Phi) is 4.54. The maximum atomic E-state index is 9.37. The van der Waals surface area contributed by atoms with Gasteiger partial charge in [-0.05, 0) is 37.1 Å². The van der Waals surface area contributed by atoms with E-state index in [1.54, 1.807) is 11.8 Å². The lowest BCUT2D eigenvalue weighted by atomic mass is 10.0. The van der Waals surface area contributed by atoms with Crippen molar-refractivity contribution in [2.24, 2.45) is 5.92 Å². The first-order valence-electron chi connectivity index (χ1n) is 6.62. The summed E-state index contributed by atoms with van der Waals surface area (Å²) in [5.41, 5.74) is 1.98. The maximum absolute atomic E-state index is 9.37. The van der Waals surface area contributed by atoms with Crippen LogP contribution in [0.15, 0.2) is 23.1 Å². The van der Waals surface area contributed by atoms with Gasteiger partial charge in [0.05, 0.1) is 11.3 Å². The molecule has 3 heteroatoms. The summed E-state index contributed by atoms with van der Waals surface area (Å²) in [4.78, 5) is 3.48. The highest BCUT2D eigenvalue weighted by Gasteiger charge is 2.24. The number of hydrogen-bond donors (Lipinski definition) is 0. The molecule has 1 heterocycles. The molecule has 0 bridgehead atoms. The molecule has 1 aromatic rings. The van der Waals surface area contributed by atoms with Gasteiger partial charge in [-0.3, -0.25) is 0 Å². The van der Waals surface area contributed by atoms with Gasteiger partial charge in [0.2, 0.25) is 0 Å². The molecule has 1 aromatic carbocycles. The van der Waals surface area contributed by atoms with Gasteiger partial charge < -0.3 is 4.90 Å². The third kappa shape index (κ3) is 2.64. The lowest BCUT2D eigenvalue weighted by Crippen LogP contribution is -2.20. The molecule has 0 spiro atoms. The number of nitrogens with zero attached hydrogens (tertiary/aromatic N) is 2. The van der Waals surface area contributed by atoms with Crippen LogP contribution in [0.25, 0.3) is 0 Å². The van der Waals surface area contributed by atoms with Crippen molar-refractivity contribution in [3.63, 3.8) is 0 Å². The number of benzene rings is 1. The first kappa shape index (κ1) is 13.3. The smallest absolute Gasteiger partial charge is 0.103 e. The van der Waals surface area contributed by atoms with Crippen LogP contribution in [0, 0.1) is 17.2 Å². The highest BCUT2D eigenvalue weighted by atomic mass is 32.2. The van der Waals surface area contributed by atoms with Gasteiger partial charge in [0.15, 0.2) is 0 Å². The van der Waals surface area contributed by atoms with E-state index in [1.807, 2.05) is 12.3 Å². The van der Waals surface area contributed by atoms with Gasteiger partial charge in [-0.1, -0.05) is 19.4 Å². The fourth-order valence-electron chi connectivity index (χ4n) is 2.76. The Morgan fingerprint density at radius 1 is 1.50 bits per heavy atom. The van der Waals surface area contributed by atoms with Gasteiger partial charge in [0, 0.05) is 18.0 Å². The molecule has 0 aromatic heterocycles. The number of rotatable bonds is 4. The summed E-state index contributed by atoms with van der Waals surface area (Å²) in [7, 11) is 0. The summed E-state index contributed by atoms with van der Waals surface area (Å²) in [5.74, 6) is 0.805. The monoisotopic (exact) mass is 260 g/mol. The van der Waals surface area contributed by atoms with Crippen LogP contribution in [-0.2, 0) is 0 Å². The molecule has 1 unspecified atom stereocenters. The molecule has 1 atom stereocenters. The van der Waals surface area contributed by atoms with E-state index in [0.29, 0.717) is 0 Å². The highest BCUT2D eigenvalue weighted by Crippen LogP contribution is 2.33. The molecule has 1 saturated heterocycles. The van der Waals surface area contributed by atoms with Crippen LogP contribution < -0.4 is 4.90 Å². The fourth-order valence-corrected chi connectivity index (χ4v) is 3.33. The Hall–Kier alpha value is -1.14. The number of thioether (sulfide) groups is 1. The van der Waals surface area contributed by atoms with Gasteiger partial charge >= 0.3 is 0 Å². The molecular weight excluding hydrogens is 240 g/mol. The minimum atomic E-state index is 0.805. The third-order valence-electron chi connectivity index (χ3n) is 3.66. The zero-order chi connectivity index (χ0) is 13.0. The lowest BCUT2D eigenvalue weighted by molar-refractivity contribution is 0.530. The third-order valence-corrected chi connectivity index (χ3v) is 4.44. The normalized spacial score (nSPS) is 18.9. The van der Waals surface area contributed by atoms with E-state index in [2.05, 4.69) is 30.0 Å². The Labute approximate surface area is 114 Å². The Bertz CT molecular complexity index is 450. The zero-order valence-corrected chi connectivity index (χ0v) is 12.0. The van der Waals surface area contributed by atoms with Crippen LogP contribution in [0.5, 0.6) is 0 Å². The number of nitriles is 1. The van der Waals surface area contributed by atoms with E-state index in [4.69, 9.17) is 0 Å². The molecule has 96 valence electrons. The van der Waals surface area contributed by atoms with E-state index in [-0.39, 0.29) is 0 Å². The Morgan fingerprint density at radius 3 is 3.00 bits per heavy atom. The van der Waals surface area contributed by atoms with Crippen molar-refractivity contribution in [3.05, 3.63) is 23.8 Å². The Morgan fingerprint density at radius 2 is 2.33 bits per heavy atom. The topological polar surface area (TPSA) is 27.0 Å². The Balaban J connectivity index is 2.22. The van der Waals surface area contributed by atoms with Gasteiger partial charge in [0.1, 0.15) is 6.07 Å². The molecule has 0 aliphatic carbocycles. The van der Waals surface area contributed by atoms with Crippen molar-refractivity contribution in [2.75, 3.05) is 24.2 Å². The van der Waals surface area contributed by atoms with Crippen molar-refractivity contribution in [2.45, 2.75) is 31.1 Å². The molecule has 18 heavy (non-hydrogen) atoms. The number of hydrogen-bond acceptors (Lipinski definition) is 3. The van der Waals surface area contributed by atoms with Gasteiger partial charge in [0.25, 0.3) is 0 Å². The molecule has 0 N–H and O–H groups in total. The minimum Gasteiger partial charge on any atom is -0.370 e. The average molecular weight is 260 g/mol. The summed E-state index contributed by atoms with van der Waals surface area (Å²) in [5, 5.41) is 9.37. The maximum Gasteiger partial charge on any atom is 0.103 e. The summed E-state index contributed by atoms with van der Waals surface area (Å²) in [6.07, 6.45) is 5.86. The second-order valence-electron chi connectivity index (χ2n) is 4.86. The minimum absolute atomic E-state index is 0.805. The van der Waals surface area contributed by atoms with Crippen molar-refractivity contribution < 1.29 is 0 Å². The molecule has 2 rings (SSSR count). The van der Waals surface area contributed by atoms with Crippen LogP contribution in [0.1, 0.15) is 31.7 Å².